The maximum atomic E-state index is 6.68. The fourth-order valence-corrected chi connectivity index (χ4v) is 6.43. The quantitative estimate of drug-likeness (QED) is 0.233. The van der Waals surface area contributed by atoms with Gasteiger partial charge in [-0.1, -0.05) is 98.8 Å². The van der Waals surface area contributed by atoms with Crippen LogP contribution in [0.2, 0.25) is 0 Å². The van der Waals surface area contributed by atoms with Crippen LogP contribution in [-0.2, 0) is 5.41 Å². The van der Waals surface area contributed by atoms with E-state index in [1.807, 2.05) is 18.2 Å². The van der Waals surface area contributed by atoms with Crippen LogP contribution in [0.3, 0.4) is 0 Å². The lowest BCUT2D eigenvalue weighted by Crippen LogP contribution is -2.58. The van der Waals surface area contributed by atoms with Crippen molar-refractivity contribution in [2.75, 3.05) is 4.81 Å². The maximum absolute atomic E-state index is 6.68. The fraction of sp³-hybridized carbons (Fsp3) is 0.0909. The third-order valence-corrected chi connectivity index (χ3v) is 8.18. The van der Waals surface area contributed by atoms with Gasteiger partial charge in [0, 0.05) is 21.9 Å². The highest BCUT2D eigenvalue weighted by molar-refractivity contribution is 6.91. The minimum atomic E-state index is -0.195. The van der Waals surface area contributed by atoms with Gasteiger partial charge in [0.1, 0.15) is 17.1 Å². The summed E-state index contributed by atoms with van der Waals surface area (Å²) in [5, 5.41) is 2.29. The van der Waals surface area contributed by atoms with Gasteiger partial charge in [-0.15, -0.1) is 0 Å². The summed E-state index contributed by atoms with van der Waals surface area (Å²) in [5.74, 6) is 1.79. The van der Waals surface area contributed by atoms with Crippen molar-refractivity contribution in [2.45, 2.75) is 19.3 Å². The Hall–Kier alpha value is -4.44. The van der Waals surface area contributed by atoms with E-state index in [0.717, 1.165) is 50.1 Å². The lowest BCUT2D eigenvalue weighted by molar-refractivity contribution is 0.487. The van der Waals surface area contributed by atoms with Gasteiger partial charge in [0.15, 0.2) is 5.58 Å². The van der Waals surface area contributed by atoms with Gasteiger partial charge in [0.2, 0.25) is 0 Å². The van der Waals surface area contributed by atoms with Gasteiger partial charge in [-0.25, -0.2) is 0 Å². The number of benzene rings is 5. The second-order valence-corrected chi connectivity index (χ2v) is 10.5. The molecule has 0 saturated carbocycles. The first-order valence-electron chi connectivity index (χ1n) is 12.8. The van der Waals surface area contributed by atoms with Crippen molar-refractivity contribution in [1.82, 2.24) is 0 Å². The number of nitrogens with zero attached hydrogens (tertiary/aromatic N) is 1. The minimum Gasteiger partial charge on any atom is -0.458 e. The molecule has 2 aliphatic rings. The first-order chi connectivity index (χ1) is 18.1. The largest absolute Gasteiger partial charge is 0.458 e. The van der Waals surface area contributed by atoms with Crippen molar-refractivity contribution >= 4 is 51.1 Å². The molecule has 0 fully saturated rings. The van der Waals surface area contributed by atoms with E-state index in [1.54, 1.807) is 0 Å². The molecule has 6 aromatic rings. The maximum Gasteiger partial charge on any atom is 0.335 e. The molecule has 0 amide bonds. The highest BCUT2D eigenvalue weighted by Gasteiger charge is 2.45. The van der Waals surface area contributed by atoms with Crippen LogP contribution in [0.25, 0.3) is 21.9 Å². The predicted octanol–water partition coefficient (Wildman–Crippen LogP) is 7.28. The van der Waals surface area contributed by atoms with Gasteiger partial charge in [-0.05, 0) is 46.3 Å². The fourth-order valence-electron chi connectivity index (χ4n) is 6.43. The highest BCUT2D eigenvalue weighted by atomic mass is 16.5. The SMILES string of the molecule is CC1(C)c2ccccc2N(B2c3ccccc3Oc3ccccc32)c2c1ccc1c2oc2ccccc21. The molecule has 4 heteroatoms. The third-order valence-electron chi connectivity index (χ3n) is 8.18. The van der Waals surface area contributed by atoms with Crippen molar-refractivity contribution in [3.05, 3.63) is 120 Å². The van der Waals surface area contributed by atoms with E-state index in [0.29, 0.717) is 0 Å². The molecule has 5 aromatic carbocycles. The number of furan rings is 1. The number of fused-ring (bicyclic) bond motifs is 8. The van der Waals surface area contributed by atoms with Gasteiger partial charge < -0.3 is 14.0 Å². The molecule has 3 heterocycles. The van der Waals surface area contributed by atoms with Crippen molar-refractivity contribution < 1.29 is 9.15 Å². The Balaban J connectivity index is 1.53. The highest BCUT2D eigenvalue weighted by Crippen LogP contribution is 2.53. The van der Waals surface area contributed by atoms with Crippen LogP contribution in [0.15, 0.2) is 114 Å². The molecule has 0 spiro atoms. The van der Waals surface area contributed by atoms with Crippen molar-refractivity contribution in [3.63, 3.8) is 0 Å². The van der Waals surface area contributed by atoms with Gasteiger partial charge in [0.25, 0.3) is 0 Å². The first-order valence-corrected chi connectivity index (χ1v) is 12.8. The average molecular weight is 477 g/mol. The van der Waals surface area contributed by atoms with E-state index in [2.05, 4.69) is 110 Å². The molecule has 0 unspecified atom stereocenters. The summed E-state index contributed by atoms with van der Waals surface area (Å²) in [6, 6.07) is 38.5. The molecular weight excluding hydrogens is 453 g/mol. The topological polar surface area (TPSA) is 25.6 Å². The second kappa shape index (κ2) is 7.30. The van der Waals surface area contributed by atoms with Gasteiger partial charge in [0.05, 0.1) is 5.69 Å². The minimum absolute atomic E-state index is 0.0732. The molecule has 37 heavy (non-hydrogen) atoms. The standard InChI is InChI=1S/C33H24BNO2/c1-33(2)23-12-4-7-15-27(23)35(31-24(33)20-19-22-21-11-3-8-16-28(21)37-32(22)31)34-25-13-5-9-17-29(25)36-30-18-10-6-14-26(30)34/h3-20H,1-2H3. The van der Waals surface area contributed by atoms with E-state index < -0.39 is 0 Å². The Morgan fingerprint density at radius 3 is 2.05 bits per heavy atom. The van der Waals surface area contributed by atoms with Crippen LogP contribution in [-0.4, -0.2) is 6.85 Å². The normalized spacial score (nSPS) is 15.1. The molecule has 0 aliphatic carbocycles. The van der Waals surface area contributed by atoms with Crippen LogP contribution in [0.1, 0.15) is 25.0 Å². The van der Waals surface area contributed by atoms with Crippen LogP contribution in [0.4, 0.5) is 11.4 Å². The molecule has 2 aliphatic heterocycles. The zero-order chi connectivity index (χ0) is 24.7. The summed E-state index contributed by atoms with van der Waals surface area (Å²) in [6.45, 7) is 4.57. The Bertz CT molecular complexity index is 1820. The van der Waals surface area contributed by atoms with E-state index in [9.17, 15) is 0 Å². The van der Waals surface area contributed by atoms with Gasteiger partial charge in [-0.2, -0.15) is 0 Å². The van der Waals surface area contributed by atoms with Crippen LogP contribution >= 0.6 is 0 Å². The Kier molecular flexibility index (Phi) is 4.09. The number of hydrogen-bond donors (Lipinski definition) is 0. The molecule has 0 atom stereocenters. The van der Waals surface area contributed by atoms with Crippen LogP contribution in [0, 0.1) is 0 Å². The smallest absolute Gasteiger partial charge is 0.335 e. The number of hydrogen-bond acceptors (Lipinski definition) is 3. The van der Waals surface area contributed by atoms with E-state index >= 15 is 0 Å². The van der Waals surface area contributed by atoms with E-state index in [1.165, 1.54) is 16.8 Å². The Morgan fingerprint density at radius 1 is 0.622 bits per heavy atom. The molecule has 8 rings (SSSR count). The number of anilines is 2. The third kappa shape index (κ3) is 2.73. The summed E-state index contributed by atoms with van der Waals surface area (Å²) >= 11 is 0. The Labute approximate surface area is 216 Å². The second-order valence-electron chi connectivity index (χ2n) is 10.5. The van der Waals surface area contributed by atoms with Crippen LogP contribution < -0.4 is 20.5 Å². The molecular formula is C33H24BNO2. The molecule has 0 N–H and O–H groups in total. The van der Waals surface area contributed by atoms with Gasteiger partial charge in [-0.3, -0.25) is 0 Å². The Morgan fingerprint density at radius 2 is 1.27 bits per heavy atom. The molecule has 0 saturated heterocycles. The molecule has 1 aromatic heterocycles. The summed E-state index contributed by atoms with van der Waals surface area (Å²) in [7, 11) is 0. The number of ether oxygens (including phenoxy) is 1. The molecule has 3 nitrogen and oxygen atoms in total. The zero-order valence-corrected chi connectivity index (χ0v) is 20.7. The first kappa shape index (κ1) is 20.7. The van der Waals surface area contributed by atoms with E-state index in [-0.39, 0.29) is 12.3 Å². The lowest BCUT2D eigenvalue weighted by atomic mass is 9.46. The summed E-state index contributed by atoms with van der Waals surface area (Å²) in [4.78, 5) is 2.50. The lowest BCUT2D eigenvalue weighted by Gasteiger charge is -2.45. The molecule has 0 radical (unpaired) electrons. The summed E-state index contributed by atoms with van der Waals surface area (Å²) in [5.41, 5.74) is 8.85. The van der Waals surface area contributed by atoms with Crippen molar-refractivity contribution in [1.29, 1.82) is 0 Å². The summed E-state index contributed by atoms with van der Waals surface area (Å²) < 4.78 is 13.1. The van der Waals surface area contributed by atoms with Crippen molar-refractivity contribution in [2.24, 2.45) is 0 Å². The predicted molar refractivity (Wildman–Crippen MR) is 152 cm³/mol. The van der Waals surface area contributed by atoms with Crippen molar-refractivity contribution in [3.8, 4) is 11.5 Å². The van der Waals surface area contributed by atoms with Crippen LogP contribution in [0.5, 0.6) is 11.5 Å². The zero-order valence-electron chi connectivity index (χ0n) is 20.7. The molecule has 0 bridgehead atoms. The monoisotopic (exact) mass is 477 g/mol. The van der Waals surface area contributed by atoms with Gasteiger partial charge >= 0.3 is 6.85 Å². The number of para-hydroxylation sites is 4. The number of rotatable bonds is 1. The van der Waals surface area contributed by atoms with E-state index in [4.69, 9.17) is 9.15 Å². The molecule has 176 valence electrons. The summed E-state index contributed by atoms with van der Waals surface area (Å²) in [6.07, 6.45) is 0. The average Bonchev–Trinajstić information content (AvgIpc) is 3.32.